The maximum Gasteiger partial charge on any atom is 0.226 e. The number of para-hydroxylation sites is 2. The molecule has 1 unspecified atom stereocenters. The van der Waals surface area contributed by atoms with Crippen LogP contribution in [0.4, 0.5) is 14.5 Å². The van der Waals surface area contributed by atoms with E-state index >= 15 is 0 Å². The Labute approximate surface area is 138 Å². The lowest BCUT2D eigenvalue weighted by molar-refractivity contribution is -0.116. The monoisotopic (exact) mass is 332 g/mol. The molecule has 3 rings (SSSR count). The van der Waals surface area contributed by atoms with Crippen LogP contribution in [-0.4, -0.2) is 18.5 Å². The third kappa shape index (κ3) is 4.29. The highest BCUT2D eigenvalue weighted by Gasteiger charge is 2.18. The van der Waals surface area contributed by atoms with Crippen LogP contribution in [0.25, 0.3) is 0 Å². The van der Waals surface area contributed by atoms with Crippen molar-refractivity contribution in [1.82, 2.24) is 5.32 Å². The van der Waals surface area contributed by atoms with E-state index in [0.717, 1.165) is 37.6 Å². The fourth-order valence-electron chi connectivity index (χ4n) is 2.73. The standard InChI is InChI=1S/C18H18F2N2O2/c19-12-8-13(20)10-15(9-12)24-17-6-2-1-5-16(17)22-18(23)11-14-4-3-7-21-14/h1-2,5-6,8-10,14,21H,3-4,7,11H2,(H,22,23). The van der Waals surface area contributed by atoms with Gasteiger partial charge in [0.2, 0.25) is 5.91 Å². The van der Waals surface area contributed by atoms with E-state index in [2.05, 4.69) is 10.6 Å². The lowest BCUT2D eigenvalue weighted by Gasteiger charge is -2.14. The number of hydrogen-bond donors (Lipinski definition) is 2. The van der Waals surface area contributed by atoms with E-state index in [4.69, 9.17) is 4.74 Å². The van der Waals surface area contributed by atoms with Gasteiger partial charge in [0, 0.05) is 30.7 Å². The summed E-state index contributed by atoms with van der Waals surface area (Å²) in [5.41, 5.74) is 0.463. The van der Waals surface area contributed by atoms with Crippen LogP contribution in [0.15, 0.2) is 42.5 Å². The highest BCUT2D eigenvalue weighted by molar-refractivity contribution is 5.92. The summed E-state index contributed by atoms with van der Waals surface area (Å²) in [6.07, 6.45) is 2.43. The van der Waals surface area contributed by atoms with Crippen LogP contribution in [-0.2, 0) is 4.79 Å². The van der Waals surface area contributed by atoms with Crippen molar-refractivity contribution in [3.8, 4) is 11.5 Å². The molecule has 0 aliphatic carbocycles. The minimum absolute atomic E-state index is 0.0339. The van der Waals surface area contributed by atoms with Gasteiger partial charge in [0.05, 0.1) is 5.69 Å². The van der Waals surface area contributed by atoms with E-state index in [1.54, 1.807) is 24.3 Å². The van der Waals surface area contributed by atoms with Gasteiger partial charge in [-0.25, -0.2) is 8.78 Å². The molecular formula is C18H18F2N2O2. The number of rotatable bonds is 5. The van der Waals surface area contributed by atoms with Crippen LogP contribution in [0.3, 0.4) is 0 Å². The molecule has 1 aliphatic rings. The predicted molar refractivity (Wildman–Crippen MR) is 87.1 cm³/mol. The normalized spacial score (nSPS) is 16.8. The highest BCUT2D eigenvalue weighted by Crippen LogP contribution is 2.30. The molecule has 0 radical (unpaired) electrons. The van der Waals surface area contributed by atoms with Gasteiger partial charge in [-0.15, -0.1) is 0 Å². The van der Waals surface area contributed by atoms with E-state index in [-0.39, 0.29) is 17.7 Å². The molecular weight excluding hydrogens is 314 g/mol. The molecule has 6 heteroatoms. The molecule has 1 fully saturated rings. The smallest absolute Gasteiger partial charge is 0.226 e. The zero-order valence-corrected chi connectivity index (χ0v) is 13.0. The Morgan fingerprint density at radius 1 is 1.21 bits per heavy atom. The minimum Gasteiger partial charge on any atom is -0.455 e. The molecule has 0 saturated carbocycles. The van der Waals surface area contributed by atoms with Crippen LogP contribution in [0, 0.1) is 11.6 Å². The van der Waals surface area contributed by atoms with E-state index in [1.807, 2.05) is 0 Å². The van der Waals surface area contributed by atoms with Crippen molar-refractivity contribution >= 4 is 11.6 Å². The number of hydrogen-bond acceptors (Lipinski definition) is 3. The van der Waals surface area contributed by atoms with Gasteiger partial charge in [0.15, 0.2) is 5.75 Å². The SMILES string of the molecule is O=C(CC1CCCN1)Nc1ccccc1Oc1cc(F)cc(F)c1. The summed E-state index contributed by atoms with van der Waals surface area (Å²) in [4.78, 5) is 12.2. The van der Waals surface area contributed by atoms with Crippen molar-refractivity contribution in [2.45, 2.75) is 25.3 Å². The number of nitrogens with one attached hydrogen (secondary N) is 2. The van der Waals surface area contributed by atoms with Gasteiger partial charge >= 0.3 is 0 Å². The average Bonchev–Trinajstić information content (AvgIpc) is 3.01. The molecule has 1 amide bonds. The zero-order valence-electron chi connectivity index (χ0n) is 13.0. The Kier molecular flexibility index (Phi) is 5.05. The lowest BCUT2D eigenvalue weighted by atomic mass is 10.1. The van der Waals surface area contributed by atoms with Gasteiger partial charge in [-0.05, 0) is 31.5 Å². The fourth-order valence-corrected chi connectivity index (χ4v) is 2.73. The first-order valence-electron chi connectivity index (χ1n) is 7.86. The third-order valence-electron chi connectivity index (χ3n) is 3.82. The van der Waals surface area contributed by atoms with Crippen LogP contribution in [0.5, 0.6) is 11.5 Å². The minimum atomic E-state index is -0.723. The number of carbonyl (C=O) groups excluding carboxylic acids is 1. The molecule has 1 atom stereocenters. The van der Waals surface area contributed by atoms with E-state index in [9.17, 15) is 13.6 Å². The Bertz CT molecular complexity index is 710. The largest absolute Gasteiger partial charge is 0.455 e. The molecule has 4 nitrogen and oxygen atoms in total. The Morgan fingerprint density at radius 2 is 1.96 bits per heavy atom. The van der Waals surface area contributed by atoms with Crippen LogP contribution < -0.4 is 15.4 Å². The number of amides is 1. The Balaban J connectivity index is 1.71. The van der Waals surface area contributed by atoms with E-state index in [1.165, 1.54) is 0 Å². The van der Waals surface area contributed by atoms with Crippen molar-refractivity contribution in [3.05, 3.63) is 54.1 Å². The van der Waals surface area contributed by atoms with Gasteiger partial charge in [-0.2, -0.15) is 0 Å². The molecule has 2 aromatic rings. The summed E-state index contributed by atoms with van der Waals surface area (Å²) >= 11 is 0. The Hall–Kier alpha value is -2.47. The van der Waals surface area contributed by atoms with Gasteiger partial charge in [-0.1, -0.05) is 12.1 Å². The van der Waals surface area contributed by atoms with E-state index < -0.39 is 11.6 Å². The summed E-state index contributed by atoms with van der Waals surface area (Å²) in [6, 6.07) is 9.93. The molecule has 0 spiro atoms. The van der Waals surface area contributed by atoms with Crippen molar-refractivity contribution in [3.63, 3.8) is 0 Å². The zero-order chi connectivity index (χ0) is 16.9. The second kappa shape index (κ2) is 7.40. The molecule has 1 aliphatic heterocycles. The lowest BCUT2D eigenvalue weighted by Crippen LogP contribution is -2.27. The van der Waals surface area contributed by atoms with Crippen LogP contribution in [0.2, 0.25) is 0 Å². The molecule has 2 aromatic carbocycles. The maximum absolute atomic E-state index is 13.3. The fraction of sp³-hybridized carbons (Fsp3) is 0.278. The number of benzene rings is 2. The number of carbonyl (C=O) groups is 1. The van der Waals surface area contributed by atoms with Gasteiger partial charge in [0.25, 0.3) is 0 Å². The third-order valence-corrected chi connectivity index (χ3v) is 3.82. The average molecular weight is 332 g/mol. The maximum atomic E-state index is 13.3. The molecule has 1 saturated heterocycles. The first kappa shape index (κ1) is 16.4. The summed E-state index contributed by atoms with van der Waals surface area (Å²) in [6.45, 7) is 0.933. The second-order valence-corrected chi connectivity index (χ2v) is 5.75. The summed E-state index contributed by atoms with van der Waals surface area (Å²) in [5, 5.41) is 6.06. The molecule has 0 aromatic heterocycles. The Morgan fingerprint density at radius 3 is 2.67 bits per heavy atom. The van der Waals surface area contributed by atoms with Crippen molar-refractivity contribution in [1.29, 1.82) is 0 Å². The summed E-state index contributed by atoms with van der Waals surface area (Å²) < 4.78 is 32.1. The number of halogens is 2. The van der Waals surface area contributed by atoms with Crippen LogP contribution in [0.1, 0.15) is 19.3 Å². The first-order chi connectivity index (χ1) is 11.6. The molecule has 1 heterocycles. The topological polar surface area (TPSA) is 50.4 Å². The van der Waals surface area contributed by atoms with Gasteiger partial charge in [-0.3, -0.25) is 4.79 Å². The van der Waals surface area contributed by atoms with Crippen molar-refractivity contribution < 1.29 is 18.3 Å². The molecule has 126 valence electrons. The molecule has 24 heavy (non-hydrogen) atoms. The first-order valence-corrected chi connectivity index (χ1v) is 7.86. The second-order valence-electron chi connectivity index (χ2n) is 5.75. The van der Waals surface area contributed by atoms with Gasteiger partial charge in [0.1, 0.15) is 17.4 Å². The molecule has 2 N–H and O–H groups in total. The highest BCUT2D eigenvalue weighted by atomic mass is 19.1. The van der Waals surface area contributed by atoms with E-state index in [0.29, 0.717) is 17.9 Å². The number of anilines is 1. The molecule has 0 bridgehead atoms. The van der Waals surface area contributed by atoms with Gasteiger partial charge < -0.3 is 15.4 Å². The summed E-state index contributed by atoms with van der Waals surface area (Å²) in [5.74, 6) is -1.21. The van der Waals surface area contributed by atoms with Crippen molar-refractivity contribution in [2.75, 3.05) is 11.9 Å². The van der Waals surface area contributed by atoms with Crippen LogP contribution >= 0.6 is 0 Å². The quantitative estimate of drug-likeness (QED) is 0.875. The number of ether oxygens (including phenoxy) is 1. The van der Waals surface area contributed by atoms with Crippen molar-refractivity contribution in [2.24, 2.45) is 0 Å². The predicted octanol–water partition coefficient (Wildman–Crippen LogP) is 3.84. The summed E-state index contributed by atoms with van der Waals surface area (Å²) in [7, 11) is 0.